The van der Waals surface area contributed by atoms with Crippen molar-refractivity contribution < 1.29 is 14.4 Å². The number of hydrogen-bond acceptors (Lipinski definition) is 6. The van der Waals surface area contributed by atoms with Gasteiger partial charge in [0.25, 0.3) is 17.7 Å². The van der Waals surface area contributed by atoms with Gasteiger partial charge in [-0.25, -0.2) is 0 Å². The molecule has 3 aliphatic rings. The molecule has 6 N–H and O–H groups in total. The Morgan fingerprint density at radius 2 is 1.19 bits per heavy atom. The second-order valence-corrected chi connectivity index (χ2v) is 10.2. The minimum atomic E-state index is -0.286. The van der Waals surface area contributed by atoms with E-state index in [-0.39, 0.29) is 23.6 Å². The van der Waals surface area contributed by atoms with Gasteiger partial charge in [0.15, 0.2) is 0 Å². The van der Waals surface area contributed by atoms with Crippen molar-refractivity contribution in [2.24, 2.45) is 17.8 Å². The third-order valence-electron chi connectivity index (χ3n) is 7.22. The number of carbonyl (C=O) groups excluding carboxylic acids is 3. The number of nitrogens with one attached hydrogen (secondary N) is 6. The SMILES string of the molecule is O=C(NCC1C=CCNC1)c1cc(C(=O)NCC2CCCNC2)cc(C(=O)NCC2CCCNC2)c1. The quantitative estimate of drug-likeness (QED) is 0.279. The second-order valence-electron chi connectivity index (χ2n) is 10.2. The number of hydrogen-bond donors (Lipinski definition) is 6. The van der Waals surface area contributed by atoms with Gasteiger partial charge < -0.3 is 31.9 Å². The summed E-state index contributed by atoms with van der Waals surface area (Å²) in [5, 5.41) is 18.9. The van der Waals surface area contributed by atoms with Crippen molar-refractivity contribution in [3.63, 3.8) is 0 Å². The zero-order valence-corrected chi connectivity index (χ0v) is 21.0. The molecule has 9 nitrogen and oxygen atoms in total. The third kappa shape index (κ3) is 7.88. The van der Waals surface area contributed by atoms with Crippen molar-refractivity contribution >= 4 is 17.7 Å². The molecule has 0 aromatic heterocycles. The Kier molecular flexibility index (Phi) is 9.89. The summed E-state index contributed by atoms with van der Waals surface area (Å²) in [5.74, 6) is 0.174. The lowest BCUT2D eigenvalue weighted by atomic mass is 9.98. The molecule has 1 aromatic rings. The molecule has 3 heterocycles. The van der Waals surface area contributed by atoms with Gasteiger partial charge in [0.2, 0.25) is 0 Å². The molecular formula is C27H40N6O3. The van der Waals surface area contributed by atoms with Gasteiger partial charge >= 0.3 is 0 Å². The predicted molar refractivity (Wildman–Crippen MR) is 140 cm³/mol. The van der Waals surface area contributed by atoms with Crippen LogP contribution in [0.2, 0.25) is 0 Å². The maximum absolute atomic E-state index is 13.0. The fourth-order valence-corrected chi connectivity index (χ4v) is 5.04. The summed E-state index contributed by atoms with van der Waals surface area (Å²) in [4.78, 5) is 39.1. The largest absolute Gasteiger partial charge is 0.352 e. The standard InChI is InChI=1S/C27H40N6O3/c34-25(31-16-19-4-1-7-28-13-19)22-10-23(26(35)32-17-20-5-2-8-29-14-20)12-24(11-22)27(36)33-18-21-6-3-9-30-15-21/h1,4,10-12,19-21,28-30H,2-3,5-9,13-18H2,(H,31,34)(H,32,35)(H,33,36). The number of rotatable bonds is 9. The van der Waals surface area contributed by atoms with Crippen LogP contribution in [0.4, 0.5) is 0 Å². The van der Waals surface area contributed by atoms with Crippen LogP contribution in [-0.4, -0.2) is 76.6 Å². The molecule has 4 rings (SSSR count). The highest BCUT2D eigenvalue weighted by Gasteiger charge is 2.20. The molecule has 1 aromatic carbocycles. The van der Waals surface area contributed by atoms with E-state index in [4.69, 9.17) is 0 Å². The summed E-state index contributed by atoms with van der Waals surface area (Å²) in [5.41, 5.74) is 0.976. The highest BCUT2D eigenvalue weighted by Crippen LogP contribution is 2.14. The summed E-state index contributed by atoms with van der Waals surface area (Å²) in [6, 6.07) is 4.76. The van der Waals surface area contributed by atoms with E-state index in [0.717, 1.165) is 65.0 Å². The van der Waals surface area contributed by atoms with Crippen molar-refractivity contribution in [3.05, 3.63) is 47.0 Å². The molecule has 2 saturated heterocycles. The van der Waals surface area contributed by atoms with E-state index in [1.165, 1.54) is 0 Å². The Bertz CT molecular complexity index is 885. The monoisotopic (exact) mass is 496 g/mol. The molecule has 36 heavy (non-hydrogen) atoms. The van der Waals surface area contributed by atoms with Crippen molar-refractivity contribution in [1.29, 1.82) is 0 Å². The van der Waals surface area contributed by atoms with Crippen LogP contribution in [0.1, 0.15) is 56.8 Å². The molecule has 0 spiro atoms. The van der Waals surface area contributed by atoms with E-state index >= 15 is 0 Å². The van der Waals surface area contributed by atoms with Gasteiger partial charge in [-0.3, -0.25) is 14.4 Å². The van der Waals surface area contributed by atoms with E-state index in [9.17, 15) is 14.4 Å². The van der Waals surface area contributed by atoms with E-state index in [1.54, 1.807) is 18.2 Å². The van der Waals surface area contributed by atoms with Crippen LogP contribution in [0.25, 0.3) is 0 Å². The zero-order chi connectivity index (χ0) is 25.2. The first-order valence-electron chi connectivity index (χ1n) is 13.4. The molecule has 0 aliphatic carbocycles. The number of amides is 3. The highest BCUT2D eigenvalue weighted by atomic mass is 16.2. The van der Waals surface area contributed by atoms with E-state index in [0.29, 0.717) is 48.2 Å². The second kappa shape index (κ2) is 13.5. The highest BCUT2D eigenvalue weighted by molar-refractivity contribution is 6.04. The normalized spacial score (nSPS) is 24.1. The molecule has 9 heteroatoms. The lowest BCUT2D eigenvalue weighted by Crippen LogP contribution is -2.39. The zero-order valence-electron chi connectivity index (χ0n) is 21.0. The first kappa shape index (κ1) is 26.3. The topological polar surface area (TPSA) is 123 Å². The Morgan fingerprint density at radius 1 is 0.694 bits per heavy atom. The summed E-state index contributed by atoms with van der Waals surface area (Å²) < 4.78 is 0. The van der Waals surface area contributed by atoms with Gasteiger partial charge in [-0.15, -0.1) is 0 Å². The number of benzene rings is 1. The molecule has 3 amide bonds. The Balaban J connectivity index is 1.44. The van der Waals surface area contributed by atoms with Crippen LogP contribution in [0.3, 0.4) is 0 Å². The molecule has 0 bridgehead atoms. The average Bonchev–Trinajstić information content (AvgIpc) is 2.94. The van der Waals surface area contributed by atoms with E-state index in [2.05, 4.69) is 44.1 Å². The van der Waals surface area contributed by atoms with Gasteiger partial charge in [-0.05, 0) is 81.9 Å². The molecule has 0 saturated carbocycles. The molecule has 0 radical (unpaired) electrons. The van der Waals surface area contributed by atoms with Gasteiger partial charge in [0, 0.05) is 55.3 Å². The average molecular weight is 497 g/mol. The van der Waals surface area contributed by atoms with Crippen molar-refractivity contribution in [2.45, 2.75) is 25.7 Å². The van der Waals surface area contributed by atoms with Gasteiger partial charge in [-0.2, -0.15) is 0 Å². The number of carbonyl (C=O) groups is 3. The fourth-order valence-electron chi connectivity index (χ4n) is 5.04. The van der Waals surface area contributed by atoms with E-state index in [1.807, 2.05) is 0 Å². The maximum atomic E-state index is 13.0. The summed E-state index contributed by atoms with van der Waals surface area (Å²) in [6.45, 7) is 7.08. The van der Waals surface area contributed by atoms with Crippen molar-refractivity contribution in [1.82, 2.24) is 31.9 Å². The minimum absolute atomic E-state index is 0.213. The van der Waals surface area contributed by atoms with E-state index < -0.39 is 0 Å². The van der Waals surface area contributed by atoms with Crippen LogP contribution in [0.15, 0.2) is 30.4 Å². The Hall–Kier alpha value is -2.75. The maximum Gasteiger partial charge on any atom is 0.251 e. The van der Waals surface area contributed by atoms with Crippen molar-refractivity contribution in [2.75, 3.05) is 58.9 Å². The van der Waals surface area contributed by atoms with Gasteiger partial charge in [0.05, 0.1) is 0 Å². The molecular weight excluding hydrogens is 456 g/mol. The molecule has 2 fully saturated rings. The van der Waals surface area contributed by atoms with Crippen LogP contribution < -0.4 is 31.9 Å². The molecule has 3 atom stereocenters. The summed E-state index contributed by atoms with van der Waals surface area (Å²) >= 11 is 0. The first-order chi connectivity index (χ1) is 17.6. The lowest BCUT2D eigenvalue weighted by Gasteiger charge is -2.23. The first-order valence-corrected chi connectivity index (χ1v) is 13.4. The predicted octanol–water partition coefficient (Wildman–Crippen LogP) is 0.651. The molecule has 3 unspecified atom stereocenters. The fraction of sp³-hybridized carbons (Fsp3) is 0.593. The summed E-state index contributed by atoms with van der Waals surface area (Å²) in [7, 11) is 0. The van der Waals surface area contributed by atoms with Crippen LogP contribution in [0.5, 0.6) is 0 Å². The Labute approximate surface area is 213 Å². The molecule has 196 valence electrons. The van der Waals surface area contributed by atoms with Gasteiger partial charge in [-0.1, -0.05) is 12.2 Å². The van der Waals surface area contributed by atoms with Crippen LogP contribution >= 0.6 is 0 Å². The third-order valence-corrected chi connectivity index (χ3v) is 7.22. The van der Waals surface area contributed by atoms with Crippen LogP contribution in [0, 0.1) is 17.8 Å². The summed E-state index contributed by atoms with van der Waals surface area (Å²) in [6.07, 6.45) is 8.50. The van der Waals surface area contributed by atoms with Gasteiger partial charge in [0.1, 0.15) is 0 Å². The smallest absolute Gasteiger partial charge is 0.251 e. The van der Waals surface area contributed by atoms with Crippen LogP contribution in [-0.2, 0) is 0 Å². The Morgan fingerprint density at radius 3 is 1.61 bits per heavy atom. The molecule has 3 aliphatic heterocycles. The minimum Gasteiger partial charge on any atom is -0.352 e. The van der Waals surface area contributed by atoms with Crippen molar-refractivity contribution in [3.8, 4) is 0 Å². The lowest BCUT2D eigenvalue weighted by molar-refractivity contribution is 0.0944. The number of piperidine rings is 2.